The summed E-state index contributed by atoms with van der Waals surface area (Å²) in [6.07, 6.45) is 7.68. The first-order chi connectivity index (χ1) is 9.75. The summed E-state index contributed by atoms with van der Waals surface area (Å²) in [5, 5.41) is 7.27. The summed E-state index contributed by atoms with van der Waals surface area (Å²) in [4.78, 5) is 19.5. The van der Waals surface area contributed by atoms with Gasteiger partial charge >= 0.3 is 0 Å². The molecule has 0 radical (unpaired) electrons. The monoisotopic (exact) mass is 293 g/mol. The molecule has 0 saturated carbocycles. The van der Waals surface area contributed by atoms with E-state index in [0.29, 0.717) is 17.3 Å². The summed E-state index contributed by atoms with van der Waals surface area (Å²) in [5.74, 6) is -0.120. The number of aryl methyl sites for hydroxylation is 1. The Bertz CT molecular complexity index is 526. The van der Waals surface area contributed by atoms with Gasteiger partial charge in [0.25, 0.3) is 5.91 Å². The maximum Gasteiger partial charge on any atom is 0.252 e. The molecule has 1 N–H and O–H groups in total. The lowest BCUT2D eigenvalue weighted by atomic mass is 10.2. The van der Waals surface area contributed by atoms with Gasteiger partial charge < -0.3 is 5.32 Å². The molecule has 0 fully saturated rings. The van der Waals surface area contributed by atoms with Crippen LogP contribution in [0.2, 0.25) is 5.15 Å². The van der Waals surface area contributed by atoms with Crippen LogP contribution in [0.1, 0.15) is 29.6 Å². The Labute approximate surface area is 122 Å². The molecule has 20 heavy (non-hydrogen) atoms. The fourth-order valence-corrected chi connectivity index (χ4v) is 1.85. The fraction of sp³-hybridized carbons (Fsp3) is 0.385. The molecule has 1 amide bonds. The fourth-order valence-electron chi connectivity index (χ4n) is 1.74. The number of nitrogens with one attached hydrogen (secondary N) is 1. The van der Waals surface area contributed by atoms with Gasteiger partial charge in [0.15, 0.2) is 0 Å². The lowest BCUT2D eigenvalue weighted by molar-refractivity contribution is 0.0952. The van der Waals surface area contributed by atoms with Crippen molar-refractivity contribution in [3.8, 4) is 0 Å². The number of hydrogen-bond donors (Lipinski definition) is 1. The van der Waals surface area contributed by atoms with E-state index in [1.807, 2.05) is 0 Å². The summed E-state index contributed by atoms with van der Waals surface area (Å²) in [5.41, 5.74) is 0.525. The van der Waals surface area contributed by atoms with Crippen molar-refractivity contribution in [2.24, 2.45) is 0 Å². The zero-order chi connectivity index (χ0) is 14.2. The molecule has 0 aliphatic rings. The molecule has 7 heteroatoms. The third-order valence-corrected chi connectivity index (χ3v) is 3.03. The van der Waals surface area contributed by atoms with Gasteiger partial charge in [-0.05, 0) is 31.4 Å². The van der Waals surface area contributed by atoms with Gasteiger partial charge in [0.05, 0.1) is 5.56 Å². The third-order valence-electron chi connectivity index (χ3n) is 2.81. The number of aromatic nitrogens is 4. The first-order valence-corrected chi connectivity index (χ1v) is 6.85. The van der Waals surface area contributed by atoms with Crippen LogP contribution in [0.25, 0.3) is 0 Å². The highest BCUT2D eigenvalue weighted by molar-refractivity contribution is 6.29. The molecule has 0 bridgehead atoms. The van der Waals surface area contributed by atoms with Crippen molar-refractivity contribution in [1.82, 2.24) is 25.1 Å². The van der Waals surface area contributed by atoms with Crippen LogP contribution < -0.4 is 5.32 Å². The molecule has 106 valence electrons. The van der Waals surface area contributed by atoms with E-state index >= 15 is 0 Å². The van der Waals surface area contributed by atoms with Crippen LogP contribution in [-0.4, -0.2) is 32.2 Å². The lowest BCUT2D eigenvalue weighted by Crippen LogP contribution is -2.24. The second kappa shape index (κ2) is 7.59. The Morgan fingerprint density at radius 3 is 2.90 bits per heavy atom. The molecule has 2 aromatic rings. The maximum absolute atomic E-state index is 11.8. The Morgan fingerprint density at radius 2 is 2.20 bits per heavy atom. The van der Waals surface area contributed by atoms with Crippen LogP contribution in [0, 0.1) is 0 Å². The van der Waals surface area contributed by atoms with Crippen LogP contribution in [0.5, 0.6) is 0 Å². The zero-order valence-electron chi connectivity index (χ0n) is 11.0. The van der Waals surface area contributed by atoms with Crippen LogP contribution in [0.3, 0.4) is 0 Å². The van der Waals surface area contributed by atoms with E-state index in [-0.39, 0.29) is 5.91 Å². The highest BCUT2D eigenvalue weighted by atomic mass is 35.5. The minimum atomic E-state index is -0.120. The molecule has 0 aromatic carbocycles. The summed E-state index contributed by atoms with van der Waals surface area (Å²) in [6.45, 7) is 1.51. The summed E-state index contributed by atoms with van der Waals surface area (Å²) in [6, 6.07) is 3.27. The van der Waals surface area contributed by atoms with E-state index in [1.165, 1.54) is 12.5 Å². The minimum Gasteiger partial charge on any atom is -0.352 e. The quantitative estimate of drug-likeness (QED) is 0.625. The number of hydrogen-bond acceptors (Lipinski definition) is 4. The summed E-state index contributed by atoms with van der Waals surface area (Å²) in [7, 11) is 0. The molecule has 0 atom stereocenters. The van der Waals surface area contributed by atoms with E-state index in [4.69, 9.17) is 11.6 Å². The average molecular weight is 294 g/mol. The predicted octanol–water partition coefficient (Wildman–Crippen LogP) is 1.93. The molecule has 0 saturated heterocycles. The molecule has 6 nitrogen and oxygen atoms in total. The molecule has 2 rings (SSSR count). The standard InChI is InChI=1S/C13H16ClN5O/c14-12-5-4-11(8-17-12)13(20)16-6-2-1-3-7-19-10-15-9-18-19/h4-5,8-10H,1-3,6-7H2,(H,16,20). The number of pyridine rings is 1. The Kier molecular flexibility index (Phi) is 5.49. The molecule has 2 aromatic heterocycles. The van der Waals surface area contributed by atoms with Crippen LogP contribution in [0.4, 0.5) is 0 Å². The molecule has 0 aliphatic heterocycles. The summed E-state index contributed by atoms with van der Waals surface area (Å²) < 4.78 is 1.80. The lowest BCUT2D eigenvalue weighted by Gasteiger charge is -2.05. The van der Waals surface area contributed by atoms with Crippen molar-refractivity contribution in [1.29, 1.82) is 0 Å². The number of carbonyl (C=O) groups excluding carboxylic acids is 1. The van der Waals surface area contributed by atoms with Gasteiger partial charge in [-0.25, -0.2) is 9.97 Å². The molecule has 0 unspecified atom stereocenters. The molecular formula is C13H16ClN5O. The first kappa shape index (κ1) is 14.5. The van der Waals surface area contributed by atoms with Gasteiger partial charge in [-0.2, -0.15) is 5.10 Å². The van der Waals surface area contributed by atoms with E-state index in [9.17, 15) is 4.79 Å². The van der Waals surface area contributed by atoms with Gasteiger partial charge in [0.2, 0.25) is 0 Å². The summed E-state index contributed by atoms with van der Waals surface area (Å²) >= 11 is 5.67. The molecule has 0 spiro atoms. The van der Waals surface area contributed by atoms with Crippen LogP contribution in [-0.2, 0) is 6.54 Å². The number of carbonyl (C=O) groups is 1. The Morgan fingerprint density at radius 1 is 1.30 bits per heavy atom. The average Bonchev–Trinajstić information content (AvgIpc) is 2.96. The maximum atomic E-state index is 11.8. The van der Waals surface area contributed by atoms with E-state index < -0.39 is 0 Å². The Balaban J connectivity index is 1.58. The van der Waals surface area contributed by atoms with Crippen molar-refractivity contribution in [2.75, 3.05) is 6.54 Å². The second-order valence-electron chi connectivity index (χ2n) is 4.34. The van der Waals surface area contributed by atoms with Crippen molar-refractivity contribution in [3.05, 3.63) is 41.7 Å². The Hall–Kier alpha value is -1.95. The van der Waals surface area contributed by atoms with Gasteiger partial charge in [-0.15, -0.1) is 0 Å². The number of nitrogens with zero attached hydrogens (tertiary/aromatic N) is 4. The van der Waals surface area contributed by atoms with Crippen molar-refractivity contribution < 1.29 is 4.79 Å². The van der Waals surface area contributed by atoms with Gasteiger partial charge in [-0.1, -0.05) is 11.6 Å². The van der Waals surface area contributed by atoms with E-state index in [2.05, 4.69) is 20.4 Å². The van der Waals surface area contributed by atoms with Gasteiger partial charge in [-0.3, -0.25) is 9.48 Å². The number of rotatable bonds is 7. The van der Waals surface area contributed by atoms with Crippen LogP contribution in [0.15, 0.2) is 31.0 Å². The normalized spacial score (nSPS) is 10.4. The van der Waals surface area contributed by atoms with Crippen LogP contribution >= 0.6 is 11.6 Å². The molecule has 0 aliphatic carbocycles. The zero-order valence-corrected chi connectivity index (χ0v) is 11.8. The van der Waals surface area contributed by atoms with Crippen molar-refractivity contribution in [2.45, 2.75) is 25.8 Å². The number of amides is 1. The third kappa shape index (κ3) is 4.62. The van der Waals surface area contributed by atoms with E-state index in [0.717, 1.165) is 25.8 Å². The highest BCUT2D eigenvalue weighted by Crippen LogP contribution is 2.05. The van der Waals surface area contributed by atoms with E-state index in [1.54, 1.807) is 23.1 Å². The smallest absolute Gasteiger partial charge is 0.252 e. The van der Waals surface area contributed by atoms with Crippen molar-refractivity contribution in [3.63, 3.8) is 0 Å². The van der Waals surface area contributed by atoms with Gasteiger partial charge in [0.1, 0.15) is 17.8 Å². The number of unbranched alkanes of at least 4 members (excludes halogenated alkanes) is 2. The topological polar surface area (TPSA) is 72.7 Å². The number of halogens is 1. The highest BCUT2D eigenvalue weighted by Gasteiger charge is 2.04. The van der Waals surface area contributed by atoms with Gasteiger partial charge in [0, 0.05) is 19.3 Å². The van der Waals surface area contributed by atoms with Crippen molar-refractivity contribution >= 4 is 17.5 Å². The first-order valence-electron chi connectivity index (χ1n) is 6.48. The largest absolute Gasteiger partial charge is 0.352 e. The minimum absolute atomic E-state index is 0.120. The molecule has 2 heterocycles. The SMILES string of the molecule is O=C(NCCCCCn1cncn1)c1ccc(Cl)nc1. The second-order valence-corrected chi connectivity index (χ2v) is 4.73. The molecular weight excluding hydrogens is 278 g/mol. The predicted molar refractivity (Wildman–Crippen MR) is 75.5 cm³/mol.